The number of rotatable bonds is 7. The van der Waals surface area contributed by atoms with Gasteiger partial charge in [0, 0.05) is 42.5 Å². The normalized spacial score (nSPS) is 17.1. The Balaban J connectivity index is 2.09. The van der Waals surface area contributed by atoms with Crippen molar-refractivity contribution in [1.82, 2.24) is 9.34 Å². The summed E-state index contributed by atoms with van der Waals surface area (Å²) in [6.45, 7) is 5.57. The molecule has 0 saturated heterocycles. The Morgan fingerprint density at radius 1 is 1.14 bits per heavy atom. The number of non-ortho nitro benzene ring substituents is 1. The summed E-state index contributed by atoms with van der Waals surface area (Å²) in [5.41, 5.74) is 2.52. The van der Waals surface area contributed by atoms with E-state index in [1.54, 1.807) is 12.1 Å². The minimum atomic E-state index is -2.70. The van der Waals surface area contributed by atoms with Crippen LogP contribution in [-0.4, -0.2) is 47.5 Å². The Bertz CT molecular complexity index is 1350. The molecule has 3 aromatic rings. The van der Waals surface area contributed by atoms with Crippen LogP contribution in [0.3, 0.4) is 0 Å². The molecule has 1 aliphatic heterocycles. The van der Waals surface area contributed by atoms with E-state index >= 15 is 0 Å². The molecule has 1 unspecified atom stereocenters. The summed E-state index contributed by atoms with van der Waals surface area (Å²) in [6.07, 6.45) is 2.09. The number of nitrogens with zero attached hydrogens (tertiary/aromatic N) is 4. The number of carbonyl (C=O) groups excluding carboxylic acids is 1. The van der Waals surface area contributed by atoms with Crippen LogP contribution in [0, 0.1) is 10.1 Å². The van der Waals surface area contributed by atoms with Crippen LogP contribution in [0.4, 0.5) is 11.4 Å². The van der Waals surface area contributed by atoms with Gasteiger partial charge in [0.1, 0.15) is 4.88 Å². The van der Waals surface area contributed by atoms with E-state index in [4.69, 9.17) is 9.48 Å². The molecule has 0 spiro atoms. The zero-order chi connectivity index (χ0) is 25.2. The number of hydrogen-bond donors (Lipinski definition) is 0. The molecule has 1 atom stereocenters. The molecular formula is C25H27N4O4PS. The summed E-state index contributed by atoms with van der Waals surface area (Å²) >= 11 is 1.38. The summed E-state index contributed by atoms with van der Waals surface area (Å²) in [6, 6.07) is 18.3. The van der Waals surface area contributed by atoms with Crippen molar-refractivity contribution in [3.63, 3.8) is 0 Å². The topological polar surface area (TPSA) is 88.3 Å². The van der Waals surface area contributed by atoms with E-state index in [1.807, 2.05) is 43.4 Å². The van der Waals surface area contributed by atoms with Crippen molar-refractivity contribution in [2.24, 2.45) is 4.74 Å². The first-order chi connectivity index (χ1) is 16.8. The van der Waals surface area contributed by atoms with Crippen molar-refractivity contribution < 1.29 is 14.5 Å². The van der Waals surface area contributed by atoms with Gasteiger partial charge in [-0.3, -0.25) is 14.8 Å². The largest absolute Gasteiger partial charge is 0.465 e. The summed E-state index contributed by atoms with van der Waals surface area (Å²) in [4.78, 5) is 25.0. The Hall–Kier alpha value is -3.26. The third kappa shape index (κ3) is 4.43. The molecule has 8 nitrogen and oxygen atoms in total. The lowest BCUT2D eigenvalue weighted by Crippen LogP contribution is -2.37. The lowest BCUT2D eigenvalue weighted by molar-refractivity contribution is -0.384. The quantitative estimate of drug-likeness (QED) is 0.162. The minimum Gasteiger partial charge on any atom is -0.465 e. The van der Waals surface area contributed by atoms with Gasteiger partial charge in [-0.25, -0.2) is 9.54 Å². The number of thiophene rings is 1. The summed E-state index contributed by atoms with van der Waals surface area (Å²) in [7, 11) is 0.691. The first kappa shape index (κ1) is 24.9. The van der Waals surface area contributed by atoms with Gasteiger partial charge in [-0.1, -0.05) is 50.2 Å². The van der Waals surface area contributed by atoms with Gasteiger partial charge in [0.05, 0.1) is 23.4 Å². The van der Waals surface area contributed by atoms with Gasteiger partial charge in [0.25, 0.3) is 5.69 Å². The van der Waals surface area contributed by atoms with Gasteiger partial charge in [-0.2, -0.15) is 0 Å². The first-order valence-corrected chi connectivity index (χ1v) is 13.7. The Kier molecular flexibility index (Phi) is 7.21. The third-order valence-electron chi connectivity index (χ3n) is 5.97. The van der Waals surface area contributed by atoms with Crippen molar-refractivity contribution in [2.75, 3.05) is 27.2 Å². The molecule has 35 heavy (non-hydrogen) atoms. The number of benzene rings is 2. The molecule has 0 bridgehead atoms. The van der Waals surface area contributed by atoms with Crippen LogP contribution in [-0.2, 0) is 4.74 Å². The van der Waals surface area contributed by atoms with E-state index in [9.17, 15) is 14.9 Å². The molecule has 1 aromatic heterocycles. The van der Waals surface area contributed by atoms with E-state index in [1.165, 1.54) is 30.6 Å². The van der Waals surface area contributed by atoms with Crippen LogP contribution in [0.1, 0.15) is 34.0 Å². The molecule has 0 N–H and O–H groups in total. The zero-order valence-electron chi connectivity index (χ0n) is 20.0. The fraction of sp³-hybridized carbons (Fsp3) is 0.240. The lowest BCUT2D eigenvalue weighted by atomic mass is 10.1. The molecule has 2 heterocycles. The molecule has 10 heteroatoms. The highest BCUT2D eigenvalue weighted by molar-refractivity contribution is 7.70. The minimum absolute atomic E-state index is 0.0109. The van der Waals surface area contributed by atoms with Crippen LogP contribution in [0.15, 0.2) is 65.4 Å². The molecule has 4 rings (SSSR count). The van der Waals surface area contributed by atoms with Crippen molar-refractivity contribution >= 4 is 53.1 Å². The summed E-state index contributed by atoms with van der Waals surface area (Å²) < 4.78 is 14.8. The number of fused-ring (bicyclic) bond motifs is 1. The van der Waals surface area contributed by atoms with Crippen molar-refractivity contribution in [1.29, 1.82) is 0 Å². The number of ether oxygens (including phenoxy) is 1. The van der Waals surface area contributed by atoms with Crippen LogP contribution < -0.4 is 5.30 Å². The monoisotopic (exact) mass is 510 g/mol. The molecule has 0 aliphatic carbocycles. The van der Waals surface area contributed by atoms with E-state index in [-0.39, 0.29) is 5.69 Å². The molecule has 182 valence electrons. The number of methoxy groups -OCH3 is 1. The zero-order valence-corrected chi connectivity index (χ0v) is 21.8. The SMILES string of the molecule is CCN(CC)P1(=Nc2cccc([N+](=O)[O-])c2)c2cc(C(=O)OC)sc2C=C(c2ccccc2)N1C. The maximum atomic E-state index is 12.5. The molecule has 1 aliphatic rings. The van der Waals surface area contributed by atoms with Gasteiger partial charge in [0.2, 0.25) is 0 Å². The van der Waals surface area contributed by atoms with Crippen LogP contribution >= 0.6 is 18.7 Å². The smallest absolute Gasteiger partial charge is 0.348 e. The highest BCUT2D eigenvalue weighted by Crippen LogP contribution is 2.63. The fourth-order valence-electron chi connectivity index (χ4n) is 4.32. The van der Waals surface area contributed by atoms with E-state index in [0.29, 0.717) is 23.7 Å². The lowest BCUT2D eigenvalue weighted by Gasteiger charge is -2.45. The summed E-state index contributed by atoms with van der Waals surface area (Å²) in [5, 5.41) is 12.4. The van der Waals surface area contributed by atoms with Gasteiger partial charge >= 0.3 is 5.97 Å². The Morgan fingerprint density at radius 3 is 2.49 bits per heavy atom. The van der Waals surface area contributed by atoms with Crippen LogP contribution in [0.2, 0.25) is 0 Å². The van der Waals surface area contributed by atoms with E-state index in [0.717, 1.165) is 21.4 Å². The number of carbonyl (C=O) groups is 1. The number of nitro benzene ring substituents is 1. The molecule has 0 fully saturated rings. The van der Waals surface area contributed by atoms with Crippen molar-refractivity contribution in [2.45, 2.75) is 13.8 Å². The standard InChI is InChI=1S/C25H27N4O4PS/c1-5-28(6-2)34(26-19-13-10-14-20(15-19)29(31)32)22-17-24(25(30)33-4)35-23(22)16-21(27(34)3)18-11-8-7-9-12-18/h7-17H,5-6H2,1-4H3. The predicted molar refractivity (Wildman–Crippen MR) is 142 cm³/mol. The number of hydrogen-bond acceptors (Lipinski definition) is 6. The third-order valence-corrected chi connectivity index (χ3v) is 11.1. The maximum Gasteiger partial charge on any atom is 0.348 e. The molecule has 0 amide bonds. The predicted octanol–water partition coefficient (Wildman–Crippen LogP) is 6.22. The van der Waals surface area contributed by atoms with Gasteiger partial charge in [-0.05, 0) is 23.8 Å². The number of esters is 1. The average molecular weight is 511 g/mol. The Morgan fingerprint density at radius 2 is 1.86 bits per heavy atom. The van der Waals surface area contributed by atoms with Crippen molar-refractivity contribution in [3.05, 3.63) is 86.1 Å². The second kappa shape index (κ2) is 10.2. The summed E-state index contributed by atoms with van der Waals surface area (Å²) in [5.74, 6) is -0.394. The number of nitro groups is 1. The van der Waals surface area contributed by atoms with E-state index in [2.05, 4.69) is 29.3 Å². The van der Waals surface area contributed by atoms with Gasteiger partial charge in [0.15, 0.2) is 7.36 Å². The first-order valence-electron chi connectivity index (χ1n) is 11.2. The highest BCUT2D eigenvalue weighted by Gasteiger charge is 2.41. The average Bonchev–Trinajstić information content (AvgIpc) is 3.31. The molecule has 0 radical (unpaired) electrons. The highest BCUT2D eigenvalue weighted by atomic mass is 32.1. The van der Waals surface area contributed by atoms with Crippen molar-refractivity contribution in [3.8, 4) is 0 Å². The second-order valence-electron chi connectivity index (χ2n) is 7.86. The van der Waals surface area contributed by atoms with E-state index < -0.39 is 18.2 Å². The molecule has 0 saturated carbocycles. The van der Waals surface area contributed by atoms with Gasteiger partial charge in [-0.15, -0.1) is 11.3 Å². The second-order valence-corrected chi connectivity index (χ2v) is 11.9. The van der Waals surface area contributed by atoms with Gasteiger partial charge < -0.3 is 9.41 Å². The Labute approximate surface area is 208 Å². The maximum absolute atomic E-state index is 12.5. The fourth-order valence-corrected chi connectivity index (χ4v) is 9.57. The molecule has 2 aromatic carbocycles. The van der Waals surface area contributed by atoms with Crippen LogP contribution in [0.5, 0.6) is 0 Å². The molecular weight excluding hydrogens is 483 g/mol. The van der Waals surface area contributed by atoms with Crippen LogP contribution in [0.25, 0.3) is 11.8 Å².